The quantitative estimate of drug-likeness (QED) is 0.649. The minimum atomic E-state index is 0.666. The smallest absolute Gasteiger partial charge is 0.147 e. The lowest BCUT2D eigenvalue weighted by atomic mass is 10.3. The molecule has 0 radical (unpaired) electrons. The number of halogens is 2. The van der Waals surface area contributed by atoms with Crippen LogP contribution >= 0.6 is 31.9 Å². The second-order valence-electron chi connectivity index (χ2n) is 4.18. The zero-order valence-corrected chi connectivity index (χ0v) is 14.8. The van der Waals surface area contributed by atoms with Crippen molar-refractivity contribution in [1.82, 2.24) is 10.2 Å². The van der Waals surface area contributed by atoms with Gasteiger partial charge in [-0.25, -0.2) is 0 Å². The third kappa shape index (κ3) is 6.25. The van der Waals surface area contributed by atoms with Crippen LogP contribution in [0.4, 0.5) is 0 Å². The lowest BCUT2D eigenvalue weighted by Crippen LogP contribution is -2.33. The number of likely N-dealkylation sites (N-methyl/N-ethyl adjacent to an activating group) is 1. The van der Waals surface area contributed by atoms with Crippen molar-refractivity contribution in [3.8, 4) is 5.75 Å². The van der Waals surface area contributed by atoms with Gasteiger partial charge >= 0.3 is 0 Å². The van der Waals surface area contributed by atoms with Crippen molar-refractivity contribution in [2.75, 3.05) is 39.3 Å². The summed E-state index contributed by atoms with van der Waals surface area (Å²) in [6, 6.07) is 5.94. The highest BCUT2D eigenvalue weighted by Gasteiger charge is 2.05. The van der Waals surface area contributed by atoms with Crippen LogP contribution in [-0.4, -0.2) is 44.2 Å². The van der Waals surface area contributed by atoms with Crippen LogP contribution in [0.2, 0.25) is 0 Å². The lowest BCUT2D eigenvalue weighted by Gasteiger charge is -2.18. The van der Waals surface area contributed by atoms with E-state index >= 15 is 0 Å². The van der Waals surface area contributed by atoms with E-state index in [1.165, 1.54) is 0 Å². The number of rotatable bonds is 9. The van der Waals surface area contributed by atoms with Crippen LogP contribution in [0.25, 0.3) is 0 Å². The first-order chi connectivity index (χ1) is 9.19. The maximum Gasteiger partial charge on any atom is 0.147 e. The molecule has 0 bridgehead atoms. The Morgan fingerprint density at radius 2 is 1.74 bits per heavy atom. The third-order valence-electron chi connectivity index (χ3n) is 2.94. The van der Waals surface area contributed by atoms with Crippen molar-refractivity contribution in [1.29, 1.82) is 0 Å². The molecule has 1 N–H and O–H groups in total. The SMILES string of the molecule is CCN(CC)CCNCCOc1c(Br)cccc1Br. The van der Waals surface area contributed by atoms with E-state index in [0.29, 0.717) is 6.61 Å². The van der Waals surface area contributed by atoms with Gasteiger partial charge in [0, 0.05) is 19.6 Å². The van der Waals surface area contributed by atoms with Gasteiger partial charge in [0.05, 0.1) is 8.95 Å². The van der Waals surface area contributed by atoms with E-state index in [9.17, 15) is 0 Å². The number of benzene rings is 1. The van der Waals surface area contributed by atoms with Gasteiger partial charge in [-0.15, -0.1) is 0 Å². The lowest BCUT2D eigenvalue weighted by molar-refractivity contribution is 0.284. The van der Waals surface area contributed by atoms with Gasteiger partial charge < -0.3 is 15.0 Å². The molecule has 1 aromatic carbocycles. The van der Waals surface area contributed by atoms with Gasteiger partial charge in [-0.05, 0) is 57.1 Å². The van der Waals surface area contributed by atoms with Crippen molar-refractivity contribution in [3.63, 3.8) is 0 Å². The summed E-state index contributed by atoms with van der Waals surface area (Å²) in [5.41, 5.74) is 0. The van der Waals surface area contributed by atoms with Crippen LogP contribution in [0.15, 0.2) is 27.1 Å². The standard InChI is InChI=1S/C14H22Br2N2O/c1-3-18(4-2)10-8-17-9-11-19-14-12(15)6-5-7-13(14)16/h5-7,17H,3-4,8-11H2,1-2H3. The molecular formula is C14H22Br2N2O. The average Bonchev–Trinajstić information content (AvgIpc) is 2.41. The predicted molar refractivity (Wildman–Crippen MR) is 88.0 cm³/mol. The summed E-state index contributed by atoms with van der Waals surface area (Å²) >= 11 is 6.97. The van der Waals surface area contributed by atoms with E-state index in [1.54, 1.807) is 0 Å². The third-order valence-corrected chi connectivity index (χ3v) is 4.19. The average molecular weight is 394 g/mol. The van der Waals surface area contributed by atoms with Crippen LogP contribution in [-0.2, 0) is 0 Å². The normalized spacial score (nSPS) is 11.0. The van der Waals surface area contributed by atoms with Crippen molar-refractivity contribution in [3.05, 3.63) is 27.1 Å². The van der Waals surface area contributed by atoms with Crippen LogP contribution in [0.5, 0.6) is 5.75 Å². The molecule has 0 saturated heterocycles. The molecule has 0 amide bonds. The van der Waals surface area contributed by atoms with Crippen LogP contribution in [0.1, 0.15) is 13.8 Å². The fourth-order valence-corrected chi connectivity index (χ4v) is 2.98. The Hall–Kier alpha value is -0.100. The van der Waals surface area contributed by atoms with E-state index in [1.807, 2.05) is 18.2 Å². The van der Waals surface area contributed by atoms with Gasteiger partial charge in [-0.1, -0.05) is 19.9 Å². The molecule has 19 heavy (non-hydrogen) atoms. The van der Waals surface area contributed by atoms with Crippen molar-refractivity contribution in [2.24, 2.45) is 0 Å². The second-order valence-corrected chi connectivity index (χ2v) is 5.88. The number of para-hydroxylation sites is 1. The van der Waals surface area contributed by atoms with Gasteiger partial charge in [0.25, 0.3) is 0 Å². The summed E-state index contributed by atoms with van der Waals surface area (Å²) in [6.45, 7) is 10.2. The number of nitrogens with zero attached hydrogens (tertiary/aromatic N) is 1. The summed E-state index contributed by atoms with van der Waals surface area (Å²) in [5, 5.41) is 3.40. The zero-order chi connectivity index (χ0) is 14.1. The fraction of sp³-hybridized carbons (Fsp3) is 0.571. The Kier molecular flexibility index (Phi) is 8.70. The van der Waals surface area contributed by atoms with Gasteiger partial charge in [0.15, 0.2) is 0 Å². The van der Waals surface area contributed by atoms with Crippen molar-refractivity contribution < 1.29 is 4.74 Å². The first kappa shape index (κ1) is 17.0. The number of hydrogen-bond acceptors (Lipinski definition) is 3. The Morgan fingerprint density at radius 3 is 2.32 bits per heavy atom. The van der Waals surface area contributed by atoms with Gasteiger partial charge in [0.2, 0.25) is 0 Å². The highest BCUT2D eigenvalue weighted by molar-refractivity contribution is 9.11. The fourth-order valence-electron chi connectivity index (χ4n) is 1.75. The summed E-state index contributed by atoms with van der Waals surface area (Å²) in [7, 11) is 0. The molecule has 0 aliphatic carbocycles. The van der Waals surface area contributed by atoms with E-state index in [2.05, 4.69) is 55.9 Å². The molecule has 0 unspecified atom stereocenters. The summed E-state index contributed by atoms with van der Waals surface area (Å²) < 4.78 is 7.71. The molecule has 1 aromatic rings. The molecule has 0 atom stereocenters. The highest BCUT2D eigenvalue weighted by atomic mass is 79.9. The zero-order valence-electron chi connectivity index (χ0n) is 11.6. The highest BCUT2D eigenvalue weighted by Crippen LogP contribution is 2.32. The topological polar surface area (TPSA) is 24.5 Å². The number of nitrogens with one attached hydrogen (secondary N) is 1. The molecule has 3 nitrogen and oxygen atoms in total. The van der Waals surface area contributed by atoms with E-state index in [0.717, 1.165) is 47.4 Å². The van der Waals surface area contributed by atoms with Crippen molar-refractivity contribution in [2.45, 2.75) is 13.8 Å². The molecule has 108 valence electrons. The Bertz CT molecular complexity index is 350. The summed E-state index contributed by atoms with van der Waals surface area (Å²) in [6.07, 6.45) is 0. The Morgan fingerprint density at radius 1 is 1.11 bits per heavy atom. The molecule has 0 aliphatic heterocycles. The van der Waals surface area contributed by atoms with Gasteiger partial charge in [-0.3, -0.25) is 0 Å². The Labute approximate surface area is 133 Å². The first-order valence-electron chi connectivity index (χ1n) is 6.68. The summed E-state index contributed by atoms with van der Waals surface area (Å²) in [4.78, 5) is 2.40. The maximum atomic E-state index is 5.76. The molecule has 5 heteroatoms. The van der Waals surface area contributed by atoms with E-state index < -0.39 is 0 Å². The molecule has 0 saturated carbocycles. The van der Waals surface area contributed by atoms with E-state index in [4.69, 9.17) is 4.74 Å². The molecule has 0 spiro atoms. The van der Waals surface area contributed by atoms with Crippen LogP contribution in [0, 0.1) is 0 Å². The maximum absolute atomic E-state index is 5.76. The molecular weight excluding hydrogens is 372 g/mol. The van der Waals surface area contributed by atoms with Crippen LogP contribution in [0.3, 0.4) is 0 Å². The second kappa shape index (κ2) is 9.75. The molecule has 0 aliphatic rings. The van der Waals surface area contributed by atoms with Gasteiger partial charge in [0.1, 0.15) is 12.4 Å². The molecule has 0 aromatic heterocycles. The predicted octanol–water partition coefficient (Wildman–Crippen LogP) is 3.52. The number of hydrogen-bond donors (Lipinski definition) is 1. The largest absolute Gasteiger partial charge is 0.490 e. The van der Waals surface area contributed by atoms with Crippen LogP contribution < -0.4 is 10.1 Å². The van der Waals surface area contributed by atoms with E-state index in [-0.39, 0.29) is 0 Å². The minimum Gasteiger partial charge on any atom is -0.490 e. The first-order valence-corrected chi connectivity index (χ1v) is 8.27. The van der Waals surface area contributed by atoms with Crippen molar-refractivity contribution >= 4 is 31.9 Å². The van der Waals surface area contributed by atoms with Gasteiger partial charge in [-0.2, -0.15) is 0 Å². The summed E-state index contributed by atoms with van der Waals surface area (Å²) in [5.74, 6) is 0.869. The Balaban J connectivity index is 2.17. The molecule has 1 rings (SSSR count). The molecule has 0 heterocycles. The minimum absolute atomic E-state index is 0.666. The molecule has 0 fully saturated rings. The number of ether oxygens (including phenoxy) is 1. The monoisotopic (exact) mass is 392 g/mol.